The molecule has 0 unspecified atom stereocenters. The van der Waals surface area contributed by atoms with Crippen LogP contribution in [0.5, 0.6) is 0 Å². The molecule has 0 amide bonds. The minimum atomic E-state index is -2.00. The minimum absolute atomic E-state index is 0.00428. The highest BCUT2D eigenvalue weighted by molar-refractivity contribution is 6.77. The van der Waals surface area contributed by atoms with Crippen LogP contribution in [0.2, 0.25) is 16.6 Å². The van der Waals surface area contributed by atoms with E-state index in [1.807, 2.05) is 24.3 Å². The van der Waals surface area contributed by atoms with Crippen molar-refractivity contribution in [1.29, 1.82) is 0 Å². The molecule has 4 heteroatoms. The molecule has 2 atom stereocenters. The molecule has 1 rings (SSSR count). The third-order valence-electron chi connectivity index (χ3n) is 5.59. The Morgan fingerprint density at radius 1 is 0.926 bits per heavy atom. The van der Waals surface area contributed by atoms with Gasteiger partial charge in [-0.3, -0.25) is 0 Å². The van der Waals surface area contributed by atoms with Gasteiger partial charge in [-0.05, 0) is 22.2 Å². The highest BCUT2D eigenvalue weighted by Gasteiger charge is 2.47. The number of hydrogen-bond donors (Lipinski definition) is 1. The molecule has 0 bridgehead atoms. The monoisotopic (exact) mass is 392 g/mol. The summed E-state index contributed by atoms with van der Waals surface area (Å²) in [6, 6.07) is 10.3. The highest BCUT2D eigenvalue weighted by atomic mass is 28.4. The van der Waals surface area contributed by atoms with Gasteiger partial charge in [-0.15, -0.1) is 0 Å². The van der Waals surface area contributed by atoms with Crippen molar-refractivity contribution in [3.05, 3.63) is 48.0 Å². The molecule has 1 N–H and O–H groups in total. The fourth-order valence-electron chi connectivity index (χ4n) is 4.23. The summed E-state index contributed by atoms with van der Waals surface area (Å²) in [6.45, 7) is 17.2. The third kappa shape index (κ3) is 6.86. The van der Waals surface area contributed by atoms with Gasteiger partial charge in [-0.2, -0.15) is 0 Å². The Morgan fingerprint density at radius 2 is 1.48 bits per heavy atom. The molecule has 1 aromatic carbocycles. The lowest BCUT2D eigenvalue weighted by atomic mass is 10.1. The van der Waals surface area contributed by atoms with Crippen LogP contribution in [0.15, 0.2) is 42.5 Å². The van der Waals surface area contributed by atoms with Gasteiger partial charge in [0, 0.05) is 5.92 Å². The molecule has 0 radical (unpaired) electrons. The molecule has 0 aromatic heterocycles. The maximum atomic E-state index is 9.17. The third-order valence-corrected chi connectivity index (χ3v) is 11.7. The van der Waals surface area contributed by atoms with E-state index in [2.05, 4.69) is 66.7 Å². The molecule has 3 nitrogen and oxygen atoms in total. The van der Waals surface area contributed by atoms with Gasteiger partial charge in [-0.1, -0.05) is 91.0 Å². The van der Waals surface area contributed by atoms with Crippen LogP contribution in [0, 0.1) is 5.92 Å². The number of hydrogen-bond acceptors (Lipinski definition) is 3. The first kappa shape index (κ1) is 24.1. The molecule has 1 aromatic rings. The van der Waals surface area contributed by atoms with Gasteiger partial charge < -0.3 is 14.3 Å². The van der Waals surface area contributed by atoms with E-state index in [9.17, 15) is 0 Å². The van der Waals surface area contributed by atoms with Crippen LogP contribution >= 0.6 is 0 Å². The van der Waals surface area contributed by atoms with Gasteiger partial charge in [-0.25, -0.2) is 0 Å². The van der Waals surface area contributed by atoms with Crippen LogP contribution in [0.25, 0.3) is 0 Å². The molecule has 0 aliphatic heterocycles. The standard InChI is InChI=1S/C23H40O3Si/c1-18(2)27(19(3)4,20(5)6)26-23(21(7)12-11-15-24)17-25-16-22-13-9-8-10-14-22/h8-14,18-21,23-24H,15-17H2,1-7H3/b12-11+/t21-,23+/m1/s1. The van der Waals surface area contributed by atoms with Crippen molar-refractivity contribution in [3.8, 4) is 0 Å². The summed E-state index contributed by atoms with van der Waals surface area (Å²) in [4.78, 5) is 0. The quantitative estimate of drug-likeness (QED) is 0.353. The van der Waals surface area contributed by atoms with Crippen LogP contribution in [-0.2, 0) is 15.8 Å². The van der Waals surface area contributed by atoms with Gasteiger partial charge in [0.05, 0.1) is 25.9 Å². The van der Waals surface area contributed by atoms with E-state index in [0.717, 1.165) is 0 Å². The fraction of sp³-hybridized carbons (Fsp3) is 0.652. The first-order chi connectivity index (χ1) is 12.8. The average molecular weight is 393 g/mol. The van der Waals surface area contributed by atoms with Crippen LogP contribution in [0.4, 0.5) is 0 Å². The van der Waals surface area contributed by atoms with E-state index >= 15 is 0 Å². The van der Waals surface area contributed by atoms with Gasteiger partial charge in [0.2, 0.25) is 8.32 Å². The Labute approximate surface area is 167 Å². The first-order valence-electron chi connectivity index (χ1n) is 10.3. The molecule has 0 heterocycles. The second-order valence-electron chi connectivity index (χ2n) is 8.44. The van der Waals surface area contributed by atoms with E-state index in [1.54, 1.807) is 0 Å². The lowest BCUT2D eigenvalue weighted by molar-refractivity contribution is 0.0161. The van der Waals surface area contributed by atoms with E-state index in [0.29, 0.717) is 29.8 Å². The Bertz CT molecular complexity index is 518. The van der Waals surface area contributed by atoms with E-state index in [1.165, 1.54) is 5.56 Å². The molecular formula is C23H40O3Si. The molecule has 0 aliphatic rings. The Balaban J connectivity index is 2.96. The van der Waals surface area contributed by atoms with Crippen molar-refractivity contribution in [2.45, 2.75) is 77.8 Å². The molecule has 0 spiro atoms. The number of benzene rings is 1. The van der Waals surface area contributed by atoms with Crippen LogP contribution in [0.1, 0.15) is 54.0 Å². The van der Waals surface area contributed by atoms with Gasteiger partial charge in [0.25, 0.3) is 0 Å². The van der Waals surface area contributed by atoms with Crippen molar-refractivity contribution in [2.75, 3.05) is 13.2 Å². The SMILES string of the molecule is CC(C)[Si](O[C@@H](COCc1ccccc1)[C@H](C)/C=C/CO)(C(C)C)C(C)C. The molecule has 0 saturated heterocycles. The molecule has 0 fully saturated rings. The largest absolute Gasteiger partial charge is 0.410 e. The Morgan fingerprint density at radius 3 is 1.96 bits per heavy atom. The maximum absolute atomic E-state index is 9.17. The van der Waals surface area contributed by atoms with Crippen LogP contribution < -0.4 is 0 Å². The van der Waals surface area contributed by atoms with Crippen molar-refractivity contribution in [3.63, 3.8) is 0 Å². The smallest absolute Gasteiger partial charge is 0.200 e. The number of aliphatic hydroxyl groups is 1. The Kier molecular flexibility index (Phi) is 10.5. The van der Waals surface area contributed by atoms with Crippen molar-refractivity contribution in [1.82, 2.24) is 0 Å². The summed E-state index contributed by atoms with van der Waals surface area (Å²) in [7, 11) is -2.00. The summed E-state index contributed by atoms with van der Waals surface area (Å²) in [5.74, 6) is 0.191. The minimum Gasteiger partial charge on any atom is -0.410 e. The van der Waals surface area contributed by atoms with Crippen molar-refractivity contribution >= 4 is 8.32 Å². The van der Waals surface area contributed by atoms with Crippen molar-refractivity contribution in [2.24, 2.45) is 5.92 Å². The number of ether oxygens (including phenoxy) is 1. The number of rotatable bonds is 12. The summed E-state index contributed by atoms with van der Waals surface area (Å²) in [5, 5.41) is 9.17. The topological polar surface area (TPSA) is 38.7 Å². The predicted molar refractivity (Wildman–Crippen MR) is 117 cm³/mol. The molecule has 0 aliphatic carbocycles. The molecule has 154 valence electrons. The van der Waals surface area contributed by atoms with E-state index < -0.39 is 8.32 Å². The molecule has 0 saturated carbocycles. The zero-order chi connectivity index (χ0) is 20.4. The second kappa shape index (κ2) is 11.8. The molecular weight excluding hydrogens is 352 g/mol. The number of aliphatic hydroxyl groups excluding tert-OH is 1. The maximum Gasteiger partial charge on any atom is 0.200 e. The zero-order valence-electron chi connectivity index (χ0n) is 18.3. The molecule has 27 heavy (non-hydrogen) atoms. The summed E-state index contributed by atoms with van der Waals surface area (Å²) in [5.41, 5.74) is 2.77. The lowest BCUT2D eigenvalue weighted by Crippen LogP contribution is -2.52. The summed E-state index contributed by atoms with van der Waals surface area (Å²) in [6.07, 6.45) is 3.86. The van der Waals surface area contributed by atoms with E-state index in [-0.39, 0.29) is 18.6 Å². The van der Waals surface area contributed by atoms with E-state index in [4.69, 9.17) is 14.3 Å². The Hall–Kier alpha value is -0.943. The highest BCUT2D eigenvalue weighted by Crippen LogP contribution is 2.43. The fourth-order valence-corrected chi connectivity index (χ4v) is 9.85. The normalized spacial score (nSPS) is 15.2. The van der Waals surface area contributed by atoms with Gasteiger partial charge >= 0.3 is 0 Å². The lowest BCUT2D eigenvalue weighted by Gasteiger charge is -2.45. The van der Waals surface area contributed by atoms with Gasteiger partial charge in [0.15, 0.2) is 0 Å². The predicted octanol–water partition coefficient (Wildman–Crippen LogP) is 5.95. The average Bonchev–Trinajstić information content (AvgIpc) is 2.62. The second-order valence-corrected chi connectivity index (χ2v) is 13.9. The zero-order valence-corrected chi connectivity index (χ0v) is 19.3. The van der Waals surface area contributed by atoms with Crippen LogP contribution in [-0.4, -0.2) is 32.7 Å². The first-order valence-corrected chi connectivity index (χ1v) is 12.5. The summed E-state index contributed by atoms with van der Waals surface area (Å²) < 4.78 is 13.1. The van der Waals surface area contributed by atoms with Gasteiger partial charge in [0.1, 0.15) is 0 Å². The van der Waals surface area contributed by atoms with Crippen LogP contribution in [0.3, 0.4) is 0 Å². The van der Waals surface area contributed by atoms with Crippen molar-refractivity contribution < 1.29 is 14.3 Å². The summed E-state index contributed by atoms with van der Waals surface area (Å²) >= 11 is 0.